The van der Waals surface area contributed by atoms with Gasteiger partial charge in [0.2, 0.25) is 21.8 Å². The molecule has 0 aliphatic carbocycles. The molecule has 3 atom stereocenters. The molecule has 10 heteroatoms. The number of aromatic nitrogens is 1. The number of hydrogen-bond acceptors (Lipinski definition) is 5. The summed E-state index contributed by atoms with van der Waals surface area (Å²) in [5.41, 5.74) is 0.707. The van der Waals surface area contributed by atoms with Gasteiger partial charge in [-0.3, -0.25) is 14.6 Å². The molecule has 2 aromatic rings. The van der Waals surface area contributed by atoms with Crippen LogP contribution in [-0.4, -0.2) is 48.7 Å². The molecule has 2 N–H and O–H groups in total. The van der Waals surface area contributed by atoms with Gasteiger partial charge in [-0.15, -0.1) is 0 Å². The average Bonchev–Trinajstić information content (AvgIpc) is 2.86. The van der Waals surface area contributed by atoms with Gasteiger partial charge in [0.15, 0.2) is 0 Å². The Morgan fingerprint density at radius 2 is 1.94 bits per heavy atom. The van der Waals surface area contributed by atoms with Crippen molar-refractivity contribution >= 4 is 21.8 Å². The molecule has 1 fully saturated rings. The number of carbonyl (C=O) groups excluding carboxylic acids is 2. The zero-order valence-corrected chi connectivity index (χ0v) is 20.2. The lowest BCUT2D eigenvalue weighted by molar-refractivity contribution is -0.133. The van der Waals surface area contributed by atoms with Crippen molar-refractivity contribution in [1.29, 1.82) is 0 Å². The highest BCUT2D eigenvalue weighted by atomic mass is 32.2. The number of piperidine rings is 1. The molecule has 2 amide bonds. The van der Waals surface area contributed by atoms with Crippen molar-refractivity contribution in [3.63, 3.8) is 0 Å². The van der Waals surface area contributed by atoms with E-state index >= 15 is 0 Å². The summed E-state index contributed by atoms with van der Waals surface area (Å²) >= 11 is 0. The second kappa shape index (κ2) is 11.5. The monoisotopic (exact) mass is 490 g/mol. The van der Waals surface area contributed by atoms with Crippen LogP contribution in [0.25, 0.3) is 0 Å². The summed E-state index contributed by atoms with van der Waals surface area (Å²) in [5, 5.41) is 5.68. The van der Waals surface area contributed by atoms with Crippen LogP contribution in [0.15, 0.2) is 53.6 Å². The van der Waals surface area contributed by atoms with Gasteiger partial charge < -0.3 is 10.6 Å². The first-order valence-corrected chi connectivity index (χ1v) is 12.9. The maximum absolute atomic E-state index is 13.2. The lowest BCUT2D eigenvalue weighted by atomic mass is 9.94. The van der Waals surface area contributed by atoms with Crippen LogP contribution >= 0.6 is 0 Å². The standard InChI is InChI=1S/C24H31FN4O4S/c1-3-17(2)22(24(31)27-15-20-8-4-5-13-26-20)28-23(30)18-7-6-14-29(16-18)34(32,33)21-11-9-19(25)10-12-21/h4-5,8-13,17-18,22H,3,6-7,14-16H2,1-2H3,(H,27,31)(H,28,30)/t17-,18-,22+/m1/s1. The number of rotatable bonds is 9. The third kappa shape index (κ3) is 6.38. The van der Waals surface area contributed by atoms with Crippen LogP contribution in [0.4, 0.5) is 4.39 Å². The van der Waals surface area contributed by atoms with Crippen molar-refractivity contribution in [3.8, 4) is 0 Å². The molecule has 0 saturated carbocycles. The third-order valence-corrected chi connectivity index (χ3v) is 8.05. The second-order valence-corrected chi connectivity index (χ2v) is 10.5. The maximum Gasteiger partial charge on any atom is 0.243 e. The topological polar surface area (TPSA) is 108 Å². The van der Waals surface area contributed by atoms with E-state index in [0.717, 1.165) is 12.1 Å². The first-order valence-electron chi connectivity index (χ1n) is 11.5. The molecule has 184 valence electrons. The Kier molecular flexibility index (Phi) is 8.73. The van der Waals surface area contributed by atoms with Crippen molar-refractivity contribution in [2.75, 3.05) is 13.1 Å². The van der Waals surface area contributed by atoms with Crippen molar-refractivity contribution < 1.29 is 22.4 Å². The fraction of sp³-hybridized carbons (Fsp3) is 0.458. The molecule has 34 heavy (non-hydrogen) atoms. The number of benzene rings is 1. The lowest BCUT2D eigenvalue weighted by Gasteiger charge is -2.32. The normalized spacial score (nSPS) is 18.6. The molecular formula is C24H31FN4O4S. The van der Waals surface area contributed by atoms with Gasteiger partial charge in [0.25, 0.3) is 0 Å². The lowest BCUT2D eigenvalue weighted by Crippen LogP contribution is -2.53. The molecule has 0 bridgehead atoms. The van der Waals surface area contributed by atoms with Gasteiger partial charge in [0.05, 0.1) is 23.1 Å². The summed E-state index contributed by atoms with van der Waals surface area (Å²) in [6.45, 7) is 4.36. The zero-order chi connectivity index (χ0) is 24.7. The maximum atomic E-state index is 13.2. The number of sulfonamides is 1. The summed E-state index contributed by atoms with van der Waals surface area (Å²) in [5.74, 6) is -1.88. The molecule has 1 saturated heterocycles. The Hall–Kier alpha value is -2.85. The molecule has 1 aromatic carbocycles. The highest BCUT2D eigenvalue weighted by molar-refractivity contribution is 7.89. The molecule has 0 unspecified atom stereocenters. The van der Waals surface area contributed by atoms with E-state index in [0.29, 0.717) is 25.0 Å². The Labute approximate surface area is 200 Å². The van der Waals surface area contributed by atoms with Gasteiger partial charge in [-0.1, -0.05) is 26.3 Å². The second-order valence-electron chi connectivity index (χ2n) is 8.57. The summed E-state index contributed by atoms with van der Waals surface area (Å²) in [6.07, 6.45) is 3.35. The van der Waals surface area contributed by atoms with Gasteiger partial charge >= 0.3 is 0 Å². The molecule has 1 aliphatic rings. The minimum Gasteiger partial charge on any atom is -0.349 e. The van der Waals surface area contributed by atoms with Crippen molar-refractivity contribution in [3.05, 3.63) is 60.2 Å². The van der Waals surface area contributed by atoms with Crippen LogP contribution in [0.2, 0.25) is 0 Å². The van der Waals surface area contributed by atoms with Crippen LogP contribution < -0.4 is 10.6 Å². The molecule has 1 aliphatic heterocycles. The van der Waals surface area contributed by atoms with E-state index in [4.69, 9.17) is 0 Å². The largest absolute Gasteiger partial charge is 0.349 e. The summed E-state index contributed by atoms with van der Waals surface area (Å²) in [4.78, 5) is 30.1. The number of amides is 2. The molecular weight excluding hydrogens is 459 g/mol. The van der Waals surface area contributed by atoms with Gasteiger partial charge in [0.1, 0.15) is 11.9 Å². The SMILES string of the molecule is CC[C@@H](C)[C@H](NC(=O)[C@@H]1CCCN(S(=O)(=O)c2ccc(F)cc2)C1)C(=O)NCc1ccccn1. The predicted molar refractivity (Wildman–Crippen MR) is 125 cm³/mol. The fourth-order valence-corrected chi connectivity index (χ4v) is 5.42. The predicted octanol–water partition coefficient (Wildman–Crippen LogP) is 2.47. The van der Waals surface area contributed by atoms with Crippen LogP contribution in [-0.2, 0) is 26.2 Å². The highest BCUT2D eigenvalue weighted by Crippen LogP contribution is 2.24. The third-order valence-electron chi connectivity index (χ3n) is 6.17. The van der Waals surface area contributed by atoms with Crippen LogP contribution in [0, 0.1) is 17.7 Å². The highest BCUT2D eigenvalue weighted by Gasteiger charge is 2.35. The number of carbonyl (C=O) groups is 2. The van der Waals surface area contributed by atoms with Gasteiger partial charge in [0, 0.05) is 19.3 Å². The van der Waals surface area contributed by atoms with Crippen LogP contribution in [0.1, 0.15) is 38.8 Å². The molecule has 3 rings (SSSR count). The van der Waals surface area contributed by atoms with Gasteiger partial charge in [-0.25, -0.2) is 12.8 Å². The Morgan fingerprint density at radius 3 is 2.59 bits per heavy atom. The van der Waals surface area contributed by atoms with Crippen molar-refractivity contribution in [2.24, 2.45) is 11.8 Å². The van der Waals surface area contributed by atoms with Gasteiger partial charge in [-0.05, 0) is 55.2 Å². The Balaban J connectivity index is 1.66. The van der Waals surface area contributed by atoms with E-state index in [9.17, 15) is 22.4 Å². The van der Waals surface area contributed by atoms with E-state index in [2.05, 4.69) is 15.6 Å². The van der Waals surface area contributed by atoms with E-state index in [1.165, 1.54) is 16.4 Å². The number of nitrogens with one attached hydrogen (secondary N) is 2. The van der Waals surface area contributed by atoms with E-state index in [-0.39, 0.29) is 42.3 Å². The average molecular weight is 491 g/mol. The van der Waals surface area contributed by atoms with Crippen LogP contribution in [0.3, 0.4) is 0 Å². The number of nitrogens with zero attached hydrogens (tertiary/aromatic N) is 2. The Bertz CT molecular complexity index is 1080. The number of pyridine rings is 1. The molecule has 0 spiro atoms. The van der Waals surface area contributed by atoms with E-state index in [1.54, 1.807) is 18.3 Å². The van der Waals surface area contributed by atoms with Crippen molar-refractivity contribution in [1.82, 2.24) is 19.9 Å². The van der Waals surface area contributed by atoms with Crippen molar-refractivity contribution in [2.45, 2.75) is 50.6 Å². The first-order chi connectivity index (χ1) is 16.2. The molecule has 2 heterocycles. The number of halogens is 1. The number of hydrogen-bond donors (Lipinski definition) is 2. The Morgan fingerprint density at radius 1 is 1.21 bits per heavy atom. The zero-order valence-electron chi connectivity index (χ0n) is 19.4. The quantitative estimate of drug-likeness (QED) is 0.561. The minimum atomic E-state index is -3.85. The smallest absolute Gasteiger partial charge is 0.243 e. The van der Waals surface area contributed by atoms with E-state index < -0.39 is 27.8 Å². The minimum absolute atomic E-state index is 0.00826. The fourth-order valence-electron chi connectivity index (χ4n) is 3.89. The summed E-state index contributed by atoms with van der Waals surface area (Å²) < 4.78 is 40.4. The molecule has 0 radical (unpaired) electrons. The van der Waals surface area contributed by atoms with Crippen LogP contribution in [0.5, 0.6) is 0 Å². The van der Waals surface area contributed by atoms with Gasteiger partial charge in [-0.2, -0.15) is 4.31 Å². The molecule has 8 nitrogen and oxygen atoms in total. The summed E-state index contributed by atoms with van der Waals surface area (Å²) in [7, 11) is -3.85. The first kappa shape index (κ1) is 25.8. The summed E-state index contributed by atoms with van der Waals surface area (Å²) in [6, 6.07) is 9.32. The van der Waals surface area contributed by atoms with E-state index in [1.807, 2.05) is 19.9 Å². The molecule has 1 aromatic heterocycles.